The molecule has 0 unspecified atom stereocenters. The molecule has 19 heavy (non-hydrogen) atoms. The first-order chi connectivity index (χ1) is 9.27. The van der Waals surface area contributed by atoms with Gasteiger partial charge >= 0.3 is 6.03 Å². The van der Waals surface area contributed by atoms with Crippen LogP contribution in [0.15, 0.2) is 24.3 Å². The summed E-state index contributed by atoms with van der Waals surface area (Å²) in [5.41, 5.74) is 6.34. The summed E-state index contributed by atoms with van der Waals surface area (Å²) < 4.78 is 10.7. The molecule has 2 amide bonds. The van der Waals surface area contributed by atoms with E-state index < -0.39 is 0 Å². The normalized spacial score (nSPS) is 15.1. The minimum atomic E-state index is -0.0760. The number of nitrogens with zero attached hydrogens (tertiary/aromatic N) is 1. The number of urea groups is 1. The number of nitrogen functional groups attached to an aromatic ring is 1. The highest BCUT2D eigenvalue weighted by Gasteiger charge is 2.15. The third kappa shape index (κ3) is 4.03. The summed E-state index contributed by atoms with van der Waals surface area (Å²) in [6, 6.07) is 7.22. The molecular weight excluding hydrogens is 246 g/mol. The van der Waals surface area contributed by atoms with Crippen LogP contribution in [0.25, 0.3) is 0 Å². The van der Waals surface area contributed by atoms with Gasteiger partial charge in [0.1, 0.15) is 12.4 Å². The molecule has 2 rings (SSSR count). The van der Waals surface area contributed by atoms with Crippen LogP contribution in [0.5, 0.6) is 5.75 Å². The molecular formula is C13H19N3O3. The van der Waals surface area contributed by atoms with Crippen LogP contribution in [0.4, 0.5) is 10.5 Å². The van der Waals surface area contributed by atoms with E-state index in [2.05, 4.69) is 5.32 Å². The second-order valence-electron chi connectivity index (χ2n) is 4.22. The van der Waals surface area contributed by atoms with Crippen LogP contribution >= 0.6 is 0 Å². The number of nitrogens with two attached hydrogens (primary N) is 1. The zero-order chi connectivity index (χ0) is 13.5. The van der Waals surface area contributed by atoms with Crippen molar-refractivity contribution in [1.82, 2.24) is 10.2 Å². The van der Waals surface area contributed by atoms with Gasteiger partial charge in [-0.05, 0) is 12.1 Å². The smallest absolute Gasteiger partial charge is 0.317 e. The third-order valence-corrected chi connectivity index (χ3v) is 2.85. The van der Waals surface area contributed by atoms with E-state index in [0.29, 0.717) is 50.9 Å². The van der Waals surface area contributed by atoms with E-state index in [0.717, 1.165) is 0 Å². The Hall–Kier alpha value is -1.95. The van der Waals surface area contributed by atoms with Crippen LogP contribution in [0.1, 0.15) is 0 Å². The van der Waals surface area contributed by atoms with E-state index in [9.17, 15) is 4.79 Å². The molecule has 0 radical (unpaired) electrons. The van der Waals surface area contributed by atoms with Crippen molar-refractivity contribution < 1.29 is 14.3 Å². The number of carbonyl (C=O) groups excluding carboxylic acids is 1. The largest absolute Gasteiger partial charge is 0.490 e. The number of benzene rings is 1. The fourth-order valence-electron chi connectivity index (χ4n) is 1.81. The van der Waals surface area contributed by atoms with Crippen LogP contribution in [0, 0.1) is 0 Å². The first-order valence-corrected chi connectivity index (χ1v) is 6.35. The molecule has 0 bridgehead atoms. The number of hydrogen-bond acceptors (Lipinski definition) is 4. The van der Waals surface area contributed by atoms with Crippen molar-refractivity contribution in [2.24, 2.45) is 0 Å². The standard InChI is InChI=1S/C13H19N3O3/c14-11-3-1-2-4-12(11)19-8-5-15-13(17)16-6-9-18-10-7-16/h1-4H,5-10,14H2,(H,15,17). The van der Waals surface area contributed by atoms with Gasteiger partial charge in [0, 0.05) is 13.1 Å². The van der Waals surface area contributed by atoms with Gasteiger partial charge < -0.3 is 25.4 Å². The topological polar surface area (TPSA) is 76.8 Å². The van der Waals surface area contributed by atoms with Crippen LogP contribution in [0.3, 0.4) is 0 Å². The molecule has 1 fully saturated rings. The fraction of sp³-hybridized carbons (Fsp3) is 0.462. The van der Waals surface area contributed by atoms with Gasteiger partial charge in [-0.3, -0.25) is 0 Å². The molecule has 1 aromatic rings. The molecule has 6 nitrogen and oxygen atoms in total. The number of amides is 2. The van der Waals surface area contributed by atoms with Gasteiger partial charge in [0.05, 0.1) is 25.4 Å². The lowest BCUT2D eigenvalue weighted by atomic mass is 10.3. The Kier molecular flexibility index (Phi) is 4.85. The van der Waals surface area contributed by atoms with Crippen molar-refractivity contribution in [2.75, 3.05) is 45.2 Å². The zero-order valence-corrected chi connectivity index (χ0v) is 10.8. The molecule has 104 valence electrons. The Bertz CT molecular complexity index is 419. The summed E-state index contributed by atoms with van der Waals surface area (Å²) in [6.45, 7) is 3.32. The summed E-state index contributed by atoms with van der Waals surface area (Å²) in [5, 5.41) is 2.81. The maximum atomic E-state index is 11.8. The summed E-state index contributed by atoms with van der Waals surface area (Å²) in [5.74, 6) is 0.642. The number of rotatable bonds is 4. The molecule has 1 aliphatic rings. The highest BCUT2D eigenvalue weighted by atomic mass is 16.5. The lowest BCUT2D eigenvalue weighted by Crippen LogP contribution is -2.47. The van der Waals surface area contributed by atoms with Gasteiger partial charge in [0.25, 0.3) is 0 Å². The minimum Gasteiger partial charge on any atom is -0.490 e. The number of carbonyl (C=O) groups is 1. The summed E-state index contributed by atoms with van der Waals surface area (Å²) in [4.78, 5) is 13.5. The zero-order valence-electron chi connectivity index (χ0n) is 10.8. The van der Waals surface area contributed by atoms with E-state index in [1.165, 1.54) is 0 Å². The molecule has 3 N–H and O–H groups in total. The van der Waals surface area contributed by atoms with Crippen molar-refractivity contribution in [2.45, 2.75) is 0 Å². The van der Waals surface area contributed by atoms with E-state index in [1.54, 1.807) is 17.0 Å². The minimum absolute atomic E-state index is 0.0760. The lowest BCUT2D eigenvalue weighted by Gasteiger charge is -2.26. The van der Waals surface area contributed by atoms with E-state index in [1.807, 2.05) is 12.1 Å². The highest BCUT2D eigenvalue weighted by molar-refractivity contribution is 5.74. The summed E-state index contributed by atoms with van der Waals surface area (Å²) >= 11 is 0. The predicted octanol–water partition coefficient (Wildman–Crippen LogP) is 0.689. The Morgan fingerprint density at radius 1 is 1.37 bits per heavy atom. The van der Waals surface area contributed by atoms with Crippen molar-refractivity contribution in [3.63, 3.8) is 0 Å². The third-order valence-electron chi connectivity index (χ3n) is 2.85. The van der Waals surface area contributed by atoms with Crippen LogP contribution in [-0.4, -0.2) is 50.4 Å². The van der Waals surface area contributed by atoms with E-state index >= 15 is 0 Å². The average molecular weight is 265 g/mol. The second-order valence-corrected chi connectivity index (χ2v) is 4.22. The molecule has 1 aliphatic heterocycles. The Labute approximate surface area is 112 Å². The maximum absolute atomic E-state index is 11.8. The van der Waals surface area contributed by atoms with Gasteiger partial charge in [0.15, 0.2) is 0 Å². The average Bonchev–Trinajstić information content (AvgIpc) is 2.46. The molecule has 1 saturated heterocycles. The Balaban J connectivity index is 1.66. The fourth-order valence-corrected chi connectivity index (χ4v) is 1.81. The molecule has 0 atom stereocenters. The van der Waals surface area contributed by atoms with Gasteiger partial charge in [-0.2, -0.15) is 0 Å². The number of para-hydroxylation sites is 2. The van der Waals surface area contributed by atoms with Gasteiger partial charge in [-0.1, -0.05) is 12.1 Å². The van der Waals surface area contributed by atoms with Gasteiger partial charge in [-0.25, -0.2) is 4.79 Å². The molecule has 0 saturated carbocycles. The second kappa shape index (κ2) is 6.84. The van der Waals surface area contributed by atoms with Crippen LogP contribution in [0.2, 0.25) is 0 Å². The van der Waals surface area contributed by atoms with Crippen molar-refractivity contribution in [3.05, 3.63) is 24.3 Å². The number of anilines is 1. The van der Waals surface area contributed by atoms with Crippen LogP contribution < -0.4 is 15.8 Å². The SMILES string of the molecule is Nc1ccccc1OCCNC(=O)N1CCOCC1. The van der Waals surface area contributed by atoms with Crippen molar-refractivity contribution in [1.29, 1.82) is 0 Å². The Morgan fingerprint density at radius 2 is 2.11 bits per heavy atom. The number of hydrogen-bond donors (Lipinski definition) is 2. The number of ether oxygens (including phenoxy) is 2. The summed E-state index contributed by atoms with van der Waals surface area (Å²) in [7, 11) is 0. The van der Waals surface area contributed by atoms with E-state index in [-0.39, 0.29) is 6.03 Å². The first-order valence-electron chi connectivity index (χ1n) is 6.35. The predicted molar refractivity (Wildman–Crippen MR) is 72.1 cm³/mol. The van der Waals surface area contributed by atoms with Gasteiger partial charge in [-0.15, -0.1) is 0 Å². The van der Waals surface area contributed by atoms with Crippen molar-refractivity contribution >= 4 is 11.7 Å². The van der Waals surface area contributed by atoms with Gasteiger partial charge in [0.2, 0.25) is 0 Å². The van der Waals surface area contributed by atoms with Crippen LogP contribution in [-0.2, 0) is 4.74 Å². The monoisotopic (exact) mass is 265 g/mol. The molecule has 0 aromatic heterocycles. The molecule has 1 heterocycles. The number of nitrogens with one attached hydrogen (secondary N) is 1. The summed E-state index contributed by atoms with van der Waals surface area (Å²) in [6.07, 6.45) is 0. The first kappa shape index (κ1) is 13.5. The van der Waals surface area contributed by atoms with E-state index in [4.69, 9.17) is 15.2 Å². The Morgan fingerprint density at radius 3 is 2.84 bits per heavy atom. The quantitative estimate of drug-likeness (QED) is 0.620. The molecule has 6 heteroatoms. The molecule has 1 aromatic carbocycles. The maximum Gasteiger partial charge on any atom is 0.317 e. The lowest BCUT2D eigenvalue weighted by molar-refractivity contribution is 0.0530. The highest BCUT2D eigenvalue weighted by Crippen LogP contribution is 2.19. The molecule has 0 aliphatic carbocycles. The van der Waals surface area contributed by atoms with Crippen molar-refractivity contribution in [3.8, 4) is 5.75 Å². The molecule has 0 spiro atoms. The number of morpholine rings is 1.